The fourth-order valence-electron chi connectivity index (χ4n) is 2.34. The first-order valence-corrected chi connectivity index (χ1v) is 8.12. The maximum atomic E-state index is 13.7. The summed E-state index contributed by atoms with van der Waals surface area (Å²) in [5.74, 6) is -1.60. The van der Waals surface area contributed by atoms with Gasteiger partial charge in [-0.1, -0.05) is 28.1 Å². The maximum absolute atomic E-state index is 13.7. The number of halogens is 2. The van der Waals surface area contributed by atoms with Crippen molar-refractivity contribution in [1.82, 2.24) is 9.78 Å². The number of hydrogen-bond donors (Lipinski definition) is 1. The van der Waals surface area contributed by atoms with Crippen molar-refractivity contribution in [3.63, 3.8) is 0 Å². The van der Waals surface area contributed by atoms with Crippen LogP contribution < -0.4 is 15.9 Å². The van der Waals surface area contributed by atoms with Crippen LogP contribution >= 0.6 is 15.9 Å². The second-order valence-electron chi connectivity index (χ2n) is 5.24. The van der Waals surface area contributed by atoms with Crippen LogP contribution in [0.15, 0.2) is 56.5 Å². The third-order valence-electron chi connectivity index (χ3n) is 3.54. The van der Waals surface area contributed by atoms with E-state index >= 15 is 0 Å². The van der Waals surface area contributed by atoms with Gasteiger partial charge in [-0.2, -0.15) is 0 Å². The fraction of sp³-hybridized carbons (Fsp3) is 0.118. The number of rotatable bonds is 4. The van der Waals surface area contributed by atoms with Crippen molar-refractivity contribution in [1.29, 1.82) is 0 Å². The number of aromatic amines is 1. The first-order valence-electron chi connectivity index (χ1n) is 7.33. The molecule has 0 aliphatic heterocycles. The summed E-state index contributed by atoms with van der Waals surface area (Å²) in [5.41, 5.74) is -0.847. The summed E-state index contributed by atoms with van der Waals surface area (Å²) in [6.45, 7) is -0.0874. The number of carbonyl (C=O) groups excluding carboxylic acids is 1. The first kappa shape index (κ1) is 17.1. The Kier molecular flexibility index (Phi) is 4.80. The summed E-state index contributed by atoms with van der Waals surface area (Å²) in [7, 11) is 0. The summed E-state index contributed by atoms with van der Waals surface area (Å²) in [6.07, 6.45) is -0.205. The number of carbonyl (C=O) groups is 1. The molecular formula is C17H12BrFN2O4. The Morgan fingerprint density at radius 1 is 1.16 bits per heavy atom. The van der Waals surface area contributed by atoms with Crippen molar-refractivity contribution in [2.75, 3.05) is 0 Å². The molecule has 0 fully saturated rings. The van der Waals surface area contributed by atoms with E-state index in [2.05, 4.69) is 21.0 Å². The molecule has 0 atom stereocenters. The van der Waals surface area contributed by atoms with Gasteiger partial charge >= 0.3 is 5.97 Å². The Bertz CT molecular complexity index is 1070. The molecule has 1 aromatic heterocycles. The lowest BCUT2D eigenvalue weighted by atomic mass is 10.2. The van der Waals surface area contributed by atoms with E-state index < -0.39 is 22.9 Å². The summed E-state index contributed by atoms with van der Waals surface area (Å²) >= 11 is 3.11. The Morgan fingerprint density at radius 2 is 1.88 bits per heavy atom. The number of aryl methyl sites for hydroxylation is 1. The number of nitrogens with zero attached hydrogens (tertiary/aromatic N) is 1. The van der Waals surface area contributed by atoms with Gasteiger partial charge in [0.2, 0.25) is 0 Å². The highest BCUT2D eigenvalue weighted by molar-refractivity contribution is 9.10. The molecule has 0 aliphatic carbocycles. The monoisotopic (exact) mass is 406 g/mol. The molecule has 0 amide bonds. The van der Waals surface area contributed by atoms with Gasteiger partial charge in [0.15, 0.2) is 11.6 Å². The van der Waals surface area contributed by atoms with Crippen molar-refractivity contribution in [2.45, 2.75) is 13.0 Å². The quantitative estimate of drug-likeness (QED) is 0.533. The van der Waals surface area contributed by atoms with Gasteiger partial charge in [-0.15, -0.1) is 0 Å². The van der Waals surface area contributed by atoms with Crippen molar-refractivity contribution in [3.05, 3.63) is 73.5 Å². The molecule has 1 N–H and O–H groups in total. The maximum Gasteiger partial charge on any atom is 0.313 e. The van der Waals surface area contributed by atoms with Crippen molar-refractivity contribution in [3.8, 4) is 5.75 Å². The number of aromatic nitrogens is 2. The summed E-state index contributed by atoms with van der Waals surface area (Å²) in [5, 5.41) is 2.96. The van der Waals surface area contributed by atoms with E-state index in [-0.39, 0.29) is 29.5 Å². The molecule has 0 bridgehead atoms. The third kappa shape index (κ3) is 3.69. The van der Waals surface area contributed by atoms with Crippen LogP contribution in [0.1, 0.15) is 6.42 Å². The van der Waals surface area contributed by atoms with E-state index in [1.165, 1.54) is 18.2 Å². The number of hydrogen-bond acceptors (Lipinski definition) is 4. The summed E-state index contributed by atoms with van der Waals surface area (Å²) in [6, 6.07) is 10.4. The van der Waals surface area contributed by atoms with Crippen molar-refractivity contribution >= 4 is 32.7 Å². The van der Waals surface area contributed by atoms with Gasteiger partial charge in [0, 0.05) is 4.47 Å². The van der Waals surface area contributed by atoms with Gasteiger partial charge in [-0.3, -0.25) is 19.5 Å². The Balaban J connectivity index is 1.76. The second kappa shape index (κ2) is 7.02. The largest absolute Gasteiger partial charge is 0.423 e. The average molecular weight is 407 g/mol. The van der Waals surface area contributed by atoms with Crippen LogP contribution in [0.3, 0.4) is 0 Å². The van der Waals surface area contributed by atoms with Crippen molar-refractivity contribution < 1.29 is 13.9 Å². The fourth-order valence-corrected chi connectivity index (χ4v) is 2.67. The number of esters is 1. The van der Waals surface area contributed by atoms with E-state index in [0.717, 1.165) is 4.68 Å². The zero-order valence-electron chi connectivity index (χ0n) is 12.8. The zero-order valence-corrected chi connectivity index (χ0v) is 14.4. The van der Waals surface area contributed by atoms with E-state index in [1.807, 2.05) is 0 Å². The molecule has 128 valence electrons. The van der Waals surface area contributed by atoms with Gasteiger partial charge < -0.3 is 4.74 Å². The lowest BCUT2D eigenvalue weighted by Crippen LogP contribution is -2.31. The minimum Gasteiger partial charge on any atom is -0.423 e. The molecule has 0 aliphatic rings. The molecule has 6 nitrogen and oxygen atoms in total. The molecule has 3 aromatic rings. The third-order valence-corrected chi connectivity index (χ3v) is 4.03. The number of H-pyrrole nitrogens is 1. The molecule has 1 heterocycles. The van der Waals surface area contributed by atoms with Gasteiger partial charge in [-0.05, 0) is 30.3 Å². The smallest absolute Gasteiger partial charge is 0.313 e. The molecule has 25 heavy (non-hydrogen) atoms. The summed E-state index contributed by atoms with van der Waals surface area (Å²) in [4.78, 5) is 36.2. The predicted molar refractivity (Wildman–Crippen MR) is 93.2 cm³/mol. The van der Waals surface area contributed by atoms with E-state index in [0.29, 0.717) is 4.47 Å². The standard InChI is InChI=1S/C17H12BrFN2O4/c18-10-5-6-14(13(19)9-10)25-15(22)7-8-21-17(24)12-4-2-1-3-11(12)16(23)20-21/h1-6,9H,7-8H2,(H,20,23). The van der Waals surface area contributed by atoms with E-state index in [9.17, 15) is 18.8 Å². The Labute approximate surface area is 149 Å². The molecule has 0 spiro atoms. The normalized spacial score (nSPS) is 10.8. The predicted octanol–water partition coefficient (Wildman–Crippen LogP) is 2.59. The highest BCUT2D eigenvalue weighted by atomic mass is 79.9. The van der Waals surface area contributed by atoms with Crippen LogP contribution in [0.4, 0.5) is 4.39 Å². The molecule has 0 radical (unpaired) electrons. The van der Waals surface area contributed by atoms with Crippen molar-refractivity contribution in [2.24, 2.45) is 0 Å². The minimum absolute atomic E-state index is 0.0874. The number of fused-ring (bicyclic) bond motifs is 1. The topological polar surface area (TPSA) is 81.2 Å². The van der Waals surface area contributed by atoms with Gasteiger partial charge in [0.05, 0.1) is 23.7 Å². The summed E-state index contributed by atoms with van der Waals surface area (Å²) < 4.78 is 20.2. The minimum atomic E-state index is -0.720. The molecular weight excluding hydrogens is 395 g/mol. The number of benzene rings is 2. The average Bonchev–Trinajstić information content (AvgIpc) is 2.59. The van der Waals surface area contributed by atoms with E-state index in [1.54, 1.807) is 24.3 Å². The molecule has 2 aromatic carbocycles. The lowest BCUT2D eigenvalue weighted by molar-refractivity contribution is -0.134. The van der Waals surface area contributed by atoms with Crippen LogP contribution in [0.25, 0.3) is 10.8 Å². The molecule has 8 heteroatoms. The van der Waals surface area contributed by atoms with Crippen LogP contribution in [0, 0.1) is 5.82 Å². The van der Waals surface area contributed by atoms with Crippen LogP contribution in [-0.2, 0) is 11.3 Å². The first-order chi connectivity index (χ1) is 12.0. The van der Waals surface area contributed by atoms with Gasteiger partial charge in [0.1, 0.15) is 0 Å². The number of ether oxygens (including phenoxy) is 1. The zero-order chi connectivity index (χ0) is 18.0. The SMILES string of the molecule is O=C(CCn1[nH]c(=O)c2ccccc2c1=O)Oc1ccc(Br)cc1F. The lowest BCUT2D eigenvalue weighted by Gasteiger charge is -2.08. The van der Waals surface area contributed by atoms with Crippen LogP contribution in [0.5, 0.6) is 5.75 Å². The molecule has 0 saturated carbocycles. The molecule has 0 saturated heterocycles. The van der Waals surface area contributed by atoms with Crippen LogP contribution in [0.2, 0.25) is 0 Å². The highest BCUT2D eigenvalue weighted by Crippen LogP contribution is 2.21. The van der Waals surface area contributed by atoms with E-state index in [4.69, 9.17) is 4.74 Å². The molecule has 3 rings (SSSR count). The van der Waals surface area contributed by atoms with Gasteiger partial charge in [-0.25, -0.2) is 9.07 Å². The van der Waals surface area contributed by atoms with Gasteiger partial charge in [0.25, 0.3) is 11.1 Å². The Hall–Kier alpha value is -2.74. The highest BCUT2D eigenvalue weighted by Gasteiger charge is 2.12. The number of nitrogens with one attached hydrogen (secondary N) is 1. The second-order valence-corrected chi connectivity index (χ2v) is 6.16. The molecule has 0 unspecified atom stereocenters. The Morgan fingerprint density at radius 3 is 2.60 bits per heavy atom. The van der Waals surface area contributed by atoms with Crippen LogP contribution in [-0.4, -0.2) is 15.7 Å².